The molecule has 0 aliphatic carbocycles. The summed E-state index contributed by atoms with van der Waals surface area (Å²) < 4.78 is 22.8. The zero-order valence-corrected chi connectivity index (χ0v) is 14.0. The summed E-state index contributed by atoms with van der Waals surface area (Å²) in [6.45, 7) is 1.98. The molecule has 1 heterocycles. The number of hydrogen-bond acceptors (Lipinski definition) is 4. The molecule has 0 radical (unpaired) electrons. The van der Waals surface area contributed by atoms with Gasteiger partial charge in [-0.3, -0.25) is 4.79 Å². The summed E-state index contributed by atoms with van der Waals surface area (Å²) in [5.41, 5.74) is 2.75. The van der Waals surface area contributed by atoms with E-state index in [-0.39, 0.29) is 18.3 Å². The average Bonchev–Trinajstić information content (AvgIpc) is 2.55. The Morgan fingerprint density at radius 1 is 1.26 bits per heavy atom. The fourth-order valence-corrected chi connectivity index (χ4v) is 5.15. The number of fused-ring (bicyclic) bond motifs is 1. The van der Waals surface area contributed by atoms with E-state index >= 15 is 0 Å². The molecule has 120 valence electrons. The first-order valence-corrected chi connectivity index (χ1v) is 9.17. The minimum atomic E-state index is -2.58. The third-order valence-electron chi connectivity index (χ3n) is 4.05. The first-order chi connectivity index (χ1) is 11.0. The lowest BCUT2D eigenvalue weighted by molar-refractivity contribution is -0.140. The van der Waals surface area contributed by atoms with Crippen molar-refractivity contribution >= 4 is 21.4 Å². The Balaban J connectivity index is 2.13. The molecule has 3 rings (SSSR count). The van der Waals surface area contributed by atoms with Gasteiger partial charge in [0.2, 0.25) is 0 Å². The van der Waals surface area contributed by atoms with Gasteiger partial charge in [-0.25, -0.2) is 4.21 Å². The minimum absolute atomic E-state index is 0.150. The van der Waals surface area contributed by atoms with Crippen molar-refractivity contribution < 1.29 is 13.7 Å². The molecule has 2 aromatic carbocycles. The maximum absolute atomic E-state index is 13.4. The summed E-state index contributed by atoms with van der Waals surface area (Å²) in [5.74, 6) is -0.108. The molecule has 0 spiro atoms. The standard InChI is InChI=1S/C18H19NO3S/c1-13-8-9-16-14(11-18(20)22-2)12-23(21,19-17(16)10-13)15-6-4-3-5-7-15/h3-10,14H,11-12H2,1-2H3/t14-,23?/m1/s1. The predicted molar refractivity (Wildman–Crippen MR) is 90.4 cm³/mol. The quantitative estimate of drug-likeness (QED) is 0.805. The van der Waals surface area contributed by atoms with Gasteiger partial charge >= 0.3 is 5.97 Å². The third kappa shape index (κ3) is 3.15. The van der Waals surface area contributed by atoms with Gasteiger partial charge in [0, 0.05) is 16.6 Å². The molecule has 2 atom stereocenters. The lowest BCUT2D eigenvalue weighted by Crippen LogP contribution is -2.21. The molecule has 0 saturated carbocycles. The first kappa shape index (κ1) is 15.7. The van der Waals surface area contributed by atoms with E-state index in [1.165, 1.54) is 7.11 Å². The average molecular weight is 329 g/mol. The molecule has 4 nitrogen and oxygen atoms in total. The van der Waals surface area contributed by atoms with Crippen LogP contribution < -0.4 is 0 Å². The molecule has 0 fully saturated rings. The summed E-state index contributed by atoms with van der Waals surface area (Å²) in [7, 11) is -1.21. The number of carbonyl (C=O) groups is 1. The molecule has 1 aliphatic heterocycles. The second-order valence-corrected chi connectivity index (χ2v) is 8.02. The predicted octanol–water partition coefficient (Wildman–Crippen LogP) is 3.81. The largest absolute Gasteiger partial charge is 0.469 e. The molecule has 0 bridgehead atoms. The molecule has 5 heteroatoms. The zero-order valence-electron chi connectivity index (χ0n) is 13.2. The fourth-order valence-electron chi connectivity index (χ4n) is 2.87. The first-order valence-electron chi connectivity index (χ1n) is 7.49. The van der Waals surface area contributed by atoms with Crippen LogP contribution in [0.3, 0.4) is 0 Å². The van der Waals surface area contributed by atoms with E-state index in [0.717, 1.165) is 16.8 Å². The number of aryl methyl sites for hydroxylation is 1. The number of carbonyl (C=O) groups excluding carboxylic acids is 1. The molecule has 0 aromatic heterocycles. The van der Waals surface area contributed by atoms with E-state index in [2.05, 4.69) is 4.36 Å². The van der Waals surface area contributed by atoms with Gasteiger partial charge in [-0.2, -0.15) is 4.36 Å². The Labute approximate surface area is 136 Å². The van der Waals surface area contributed by atoms with E-state index < -0.39 is 9.73 Å². The van der Waals surface area contributed by atoms with Crippen molar-refractivity contribution in [1.82, 2.24) is 0 Å². The van der Waals surface area contributed by atoms with Crippen molar-refractivity contribution in [3.63, 3.8) is 0 Å². The summed E-state index contributed by atoms with van der Waals surface area (Å²) in [5, 5.41) is 0. The number of benzene rings is 2. The molecule has 0 N–H and O–H groups in total. The molecule has 1 aliphatic rings. The lowest BCUT2D eigenvalue weighted by atomic mass is 9.95. The van der Waals surface area contributed by atoms with Crippen LogP contribution in [0.5, 0.6) is 0 Å². The molecule has 2 aromatic rings. The highest BCUT2D eigenvalue weighted by molar-refractivity contribution is 7.93. The summed E-state index contributed by atoms with van der Waals surface area (Å²) in [6.07, 6.45) is 0.214. The van der Waals surface area contributed by atoms with Crippen LogP contribution in [0.15, 0.2) is 57.8 Å². The maximum Gasteiger partial charge on any atom is 0.306 e. The van der Waals surface area contributed by atoms with Crippen molar-refractivity contribution in [2.45, 2.75) is 24.2 Å². The van der Waals surface area contributed by atoms with Gasteiger partial charge in [0.1, 0.15) is 0 Å². The van der Waals surface area contributed by atoms with Gasteiger partial charge in [0.25, 0.3) is 0 Å². The third-order valence-corrected chi connectivity index (χ3v) is 6.41. The molecule has 0 amide bonds. The Morgan fingerprint density at radius 3 is 2.70 bits per heavy atom. The second-order valence-electron chi connectivity index (χ2n) is 5.75. The van der Waals surface area contributed by atoms with Crippen LogP contribution >= 0.6 is 0 Å². The highest BCUT2D eigenvalue weighted by Crippen LogP contribution is 2.39. The number of ether oxygens (including phenoxy) is 1. The summed E-state index contributed by atoms with van der Waals surface area (Å²) in [4.78, 5) is 12.5. The molecule has 1 unspecified atom stereocenters. The highest BCUT2D eigenvalue weighted by atomic mass is 32.2. The van der Waals surface area contributed by atoms with Crippen LogP contribution in [0.2, 0.25) is 0 Å². The SMILES string of the molecule is COC(=O)C[C@@H]1CS(=O)(c2ccccc2)=Nc2cc(C)ccc21. The van der Waals surface area contributed by atoms with E-state index in [9.17, 15) is 9.00 Å². The van der Waals surface area contributed by atoms with Crippen LogP contribution in [0.25, 0.3) is 0 Å². The summed E-state index contributed by atoms with van der Waals surface area (Å²) >= 11 is 0. The Kier molecular flexibility index (Phi) is 4.22. The summed E-state index contributed by atoms with van der Waals surface area (Å²) in [6, 6.07) is 15.2. The van der Waals surface area contributed by atoms with Gasteiger partial charge < -0.3 is 4.74 Å². The van der Waals surface area contributed by atoms with Crippen molar-refractivity contribution in [3.8, 4) is 0 Å². The van der Waals surface area contributed by atoms with Crippen molar-refractivity contribution in [1.29, 1.82) is 0 Å². The van der Waals surface area contributed by atoms with E-state index in [1.54, 1.807) is 0 Å². The Hall–Kier alpha value is -2.14. The lowest BCUT2D eigenvalue weighted by Gasteiger charge is -2.25. The Morgan fingerprint density at radius 2 is 2.00 bits per heavy atom. The van der Waals surface area contributed by atoms with Gasteiger partial charge in [-0.1, -0.05) is 30.3 Å². The minimum Gasteiger partial charge on any atom is -0.469 e. The van der Waals surface area contributed by atoms with Gasteiger partial charge in [0.05, 0.1) is 28.9 Å². The van der Waals surface area contributed by atoms with Gasteiger partial charge in [0.15, 0.2) is 0 Å². The smallest absolute Gasteiger partial charge is 0.306 e. The van der Waals surface area contributed by atoms with Gasteiger partial charge in [-0.05, 0) is 36.2 Å². The monoisotopic (exact) mass is 329 g/mol. The van der Waals surface area contributed by atoms with Crippen molar-refractivity contribution in [3.05, 3.63) is 59.7 Å². The number of methoxy groups -OCH3 is 1. The van der Waals surface area contributed by atoms with Crippen LogP contribution in [0.1, 0.15) is 23.5 Å². The van der Waals surface area contributed by atoms with E-state index in [4.69, 9.17) is 4.74 Å². The van der Waals surface area contributed by atoms with E-state index in [0.29, 0.717) is 10.6 Å². The van der Waals surface area contributed by atoms with Crippen molar-refractivity contribution in [2.24, 2.45) is 4.36 Å². The van der Waals surface area contributed by atoms with Crippen LogP contribution in [0.4, 0.5) is 5.69 Å². The number of rotatable bonds is 3. The maximum atomic E-state index is 13.4. The topological polar surface area (TPSA) is 55.7 Å². The number of esters is 1. The number of nitrogens with zero attached hydrogens (tertiary/aromatic N) is 1. The Bertz CT molecular complexity index is 852. The van der Waals surface area contributed by atoms with Crippen LogP contribution in [-0.4, -0.2) is 23.0 Å². The molecular formula is C18H19NO3S. The van der Waals surface area contributed by atoms with E-state index in [1.807, 2.05) is 55.5 Å². The zero-order chi connectivity index (χ0) is 16.4. The molecule has 0 saturated heterocycles. The normalized spacial score (nSPS) is 22.8. The van der Waals surface area contributed by atoms with Crippen LogP contribution in [-0.2, 0) is 19.3 Å². The number of hydrogen-bond donors (Lipinski definition) is 0. The van der Waals surface area contributed by atoms with Crippen LogP contribution in [0, 0.1) is 6.92 Å². The molecule has 23 heavy (non-hydrogen) atoms. The fraction of sp³-hybridized carbons (Fsp3) is 0.278. The van der Waals surface area contributed by atoms with Crippen molar-refractivity contribution in [2.75, 3.05) is 12.9 Å². The highest BCUT2D eigenvalue weighted by Gasteiger charge is 2.30. The second kappa shape index (κ2) is 6.16. The van der Waals surface area contributed by atoms with Gasteiger partial charge in [-0.15, -0.1) is 0 Å². The molecular weight excluding hydrogens is 310 g/mol.